The van der Waals surface area contributed by atoms with Gasteiger partial charge in [0.05, 0.1) is 30.4 Å². The van der Waals surface area contributed by atoms with Gasteiger partial charge in [0, 0.05) is 17.3 Å². The molecule has 1 aliphatic rings. The zero-order valence-corrected chi connectivity index (χ0v) is 14.6. The molecule has 3 heterocycles. The van der Waals surface area contributed by atoms with Crippen LogP contribution in [-0.4, -0.2) is 29.3 Å². The van der Waals surface area contributed by atoms with E-state index in [4.69, 9.17) is 9.26 Å². The van der Waals surface area contributed by atoms with Gasteiger partial charge in [0.25, 0.3) is 5.91 Å². The predicted molar refractivity (Wildman–Crippen MR) is 93.6 cm³/mol. The zero-order valence-electron chi connectivity index (χ0n) is 14.6. The minimum absolute atomic E-state index is 0.136. The van der Waals surface area contributed by atoms with Gasteiger partial charge in [0.2, 0.25) is 5.76 Å². The molecule has 0 saturated carbocycles. The second-order valence-corrected chi connectivity index (χ2v) is 7.12. The smallest absolute Gasteiger partial charge is 0.290 e. The number of benzene rings is 1. The number of carbonyl (C=O) groups is 1. The molecule has 1 saturated heterocycles. The standard InChI is InChI=1S/C19H21N3O3/c1-11-6-14-7-13(4-5-15(14)20-11)12(2)21-18(23)16-8-17(22-25-16)19(3)9-24-10-19/h4-8,12,20H,9-10H2,1-3H3,(H,21,23)/t12-/m1/s1. The quantitative estimate of drug-likeness (QED) is 0.765. The molecule has 130 valence electrons. The van der Waals surface area contributed by atoms with Crippen LogP contribution in [-0.2, 0) is 10.2 Å². The summed E-state index contributed by atoms with van der Waals surface area (Å²) in [6.07, 6.45) is 0. The number of amides is 1. The van der Waals surface area contributed by atoms with E-state index in [-0.39, 0.29) is 23.1 Å². The van der Waals surface area contributed by atoms with Gasteiger partial charge in [0.15, 0.2) is 0 Å². The van der Waals surface area contributed by atoms with Crippen molar-refractivity contribution >= 4 is 16.8 Å². The van der Waals surface area contributed by atoms with E-state index in [1.165, 1.54) is 0 Å². The second kappa shape index (κ2) is 5.74. The molecule has 0 bridgehead atoms. The molecule has 0 unspecified atom stereocenters. The summed E-state index contributed by atoms with van der Waals surface area (Å²) in [4.78, 5) is 15.8. The highest BCUT2D eigenvalue weighted by Crippen LogP contribution is 2.31. The molecule has 2 aromatic heterocycles. The van der Waals surface area contributed by atoms with Crippen molar-refractivity contribution in [3.05, 3.63) is 53.0 Å². The number of aromatic amines is 1. The maximum Gasteiger partial charge on any atom is 0.290 e. The third kappa shape index (κ3) is 2.82. The van der Waals surface area contributed by atoms with Gasteiger partial charge in [-0.25, -0.2) is 0 Å². The van der Waals surface area contributed by atoms with Crippen LogP contribution in [0.3, 0.4) is 0 Å². The summed E-state index contributed by atoms with van der Waals surface area (Å²) in [5.41, 5.74) is 3.87. The lowest BCUT2D eigenvalue weighted by atomic mass is 9.85. The summed E-state index contributed by atoms with van der Waals surface area (Å²) in [6.45, 7) is 7.24. The van der Waals surface area contributed by atoms with Crippen LogP contribution in [0.25, 0.3) is 10.9 Å². The van der Waals surface area contributed by atoms with Crippen LogP contribution in [0.2, 0.25) is 0 Å². The Morgan fingerprint density at radius 1 is 1.32 bits per heavy atom. The molecule has 4 rings (SSSR count). The van der Waals surface area contributed by atoms with Crippen molar-refractivity contribution in [3.63, 3.8) is 0 Å². The molecule has 6 heteroatoms. The lowest BCUT2D eigenvalue weighted by Crippen LogP contribution is -2.44. The minimum Gasteiger partial charge on any atom is -0.379 e. The minimum atomic E-state index is -0.263. The van der Waals surface area contributed by atoms with E-state index < -0.39 is 0 Å². The average Bonchev–Trinajstić information content (AvgIpc) is 3.17. The number of H-pyrrole nitrogens is 1. The summed E-state index contributed by atoms with van der Waals surface area (Å²) in [5.74, 6) is -0.0334. The highest BCUT2D eigenvalue weighted by molar-refractivity contribution is 5.92. The molecule has 3 aromatic rings. The molecule has 25 heavy (non-hydrogen) atoms. The Balaban J connectivity index is 1.49. The van der Waals surface area contributed by atoms with Crippen LogP contribution in [0.15, 0.2) is 34.9 Å². The van der Waals surface area contributed by atoms with Crippen molar-refractivity contribution in [3.8, 4) is 0 Å². The predicted octanol–water partition coefficient (Wildman–Crippen LogP) is 3.24. The molecule has 1 aromatic carbocycles. The van der Waals surface area contributed by atoms with E-state index in [0.717, 1.165) is 27.9 Å². The number of ether oxygens (including phenoxy) is 1. The first-order chi connectivity index (χ1) is 11.9. The first-order valence-corrected chi connectivity index (χ1v) is 8.40. The van der Waals surface area contributed by atoms with Gasteiger partial charge >= 0.3 is 0 Å². The lowest BCUT2D eigenvalue weighted by molar-refractivity contribution is -0.0532. The second-order valence-electron chi connectivity index (χ2n) is 7.12. The van der Waals surface area contributed by atoms with Crippen molar-refractivity contribution in [2.75, 3.05) is 13.2 Å². The van der Waals surface area contributed by atoms with E-state index in [1.807, 2.05) is 32.9 Å². The molecule has 6 nitrogen and oxygen atoms in total. The van der Waals surface area contributed by atoms with Gasteiger partial charge in [-0.15, -0.1) is 0 Å². The Kier molecular flexibility index (Phi) is 3.65. The van der Waals surface area contributed by atoms with Gasteiger partial charge in [-0.3, -0.25) is 4.79 Å². The molecule has 0 spiro atoms. The topological polar surface area (TPSA) is 80.2 Å². The fourth-order valence-electron chi connectivity index (χ4n) is 3.14. The number of hydrogen-bond donors (Lipinski definition) is 2. The van der Waals surface area contributed by atoms with Crippen molar-refractivity contribution in [2.24, 2.45) is 0 Å². The highest BCUT2D eigenvalue weighted by atomic mass is 16.5. The molecule has 1 amide bonds. The largest absolute Gasteiger partial charge is 0.379 e. The van der Waals surface area contributed by atoms with Crippen LogP contribution >= 0.6 is 0 Å². The number of rotatable bonds is 4. The molecular weight excluding hydrogens is 318 g/mol. The molecule has 1 aliphatic heterocycles. The Morgan fingerprint density at radius 3 is 2.84 bits per heavy atom. The van der Waals surface area contributed by atoms with Crippen LogP contribution in [0.1, 0.15) is 47.4 Å². The molecule has 1 atom stereocenters. The first-order valence-electron chi connectivity index (χ1n) is 8.40. The van der Waals surface area contributed by atoms with E-state index >= 15 is 0 Å². The van der Waals surface area contributed by atoms with Gasteiger partial charge in [-0.1, -0.05) is 11.2 Å². The normalized spacial score (nSPS) is 17.2. The molecule has 2 N–H and O–H groups in total. The summed E-state index contributed by atoms with van der Waals surface area (Å²) >= 11 is 0. The number of nitrogens with one attached hydrogen (secondary N) is 2. The molecular formula is C19H21N3O3. The Hall–Kier alpha value is -2.60. The molecule has 1 fully saturated rings. The zero-order chi connectivity index (χ0) is 17.6. The number of aryl methyl sites for hydroxylation is 1. The van der Waals surface area contributed by atoms with Crippen LogP contribution in [0.5, 0.6) is 0 Å². The van der Waals surface area contributed by atoms with Crippen molar-refractivity contribution in [1.82, 2.24) is 15.5 Å². The third-order valence-corrected chi connectivity index (χ3v) is 4.82. The van der Waals surface area contributed by atoms with E-state index in [9.17, 15) is 4.79 Å². The van der Waals surface area contributed by atoms with E-state index in [1.54, 1.807) is 6.07 Å². The Bertz CT molecular complexity index is 936. The van der Waals surface area contributed by atoms with E-state index in [0.29, 0.717) is 13.2 Å². The van der Waals surface area contributed by atoms with Crippen LogP contribution in [0.4, 0.5) is 0 Å². The first kappa shape index (κ1) is 15.9. The lowest BCUT2D eigenvalue weighted by Gasteiger charge is -2.35. The van der Waals surface area contributed by atoms with Gasteiger partial charge in [0.1, 0.15) is 0 Å². The van der Waals surface area contributed by atoms with Crippen LogP contribution in [0, 0.1) is 6.92 Å². The van der Waals surface area contributed by atoms with E-state index in [2.05, 4.69) is 27.6 Å². The highest BCUT2D eigenvalue weighted by Gasteiger charge is 2.38. The van der Waals surface area contributed by atoms with Crippen molar-refractivity contribution in [1.29, 1.82) is 0 Å². The number of aromatic nitrogens is 2. The third-order valence-electron chi connectivity index (χ3n) is 4.82. The summed E-state index contributed by atoms with van der Waals surface area (Å²) in [5, 5.41) is 8.14. The Morgan fingerprint density at radius 2 is 2.12 bits per heavy atom. The fourth-order valence-corrected chi connectivity index (χ4v) is 3.14. The molecule has 0 radical (unpaired) electrons. The SMILES string of the molecule is Cc1cc2cc([C@@H](C)NC(=O)c3cc(C4(C)COC4)no3)ccc2[nH]1. The van der Waals surface area contributed by atoms with Crippen LogP contribution < -0.4 is 5.32 Å². The average molecular weight is 339 g/mol. The van der Waals surface area contributed by atoms with Gasteiger partial charge < -0.3 is 19.6 Å². The summed E-state index contributed by atoms with van der Waals surface area (Å²) in [6, 6.07) is 9.80. The Labute approximate surface area is 145 Å². The number of carbonyl (C=O) groups excluding carboxylic acids is 1. The number of nitrogens with zero attached hydrogens (tertiary/aromatic N) is 1. The monoisotopic (exact) mass is 339 g/mol. The summed E-state index contributed by atoms with van der Waals surface area (Å²) < 4.78 is 10.5. The van der Waals surface area contributed by atoms with Gasteiger partial charge in [-0.05, 0) is 49.9 Å². The maximum absolute atomic E-state index is 12.5. The van der Waals surface area contributed by atoms with Gasteiger partial charge in [-0.2, -0.15) is 0 Å². The van der Waals surface area contributed by atoms with Crippen molar-refractivity contribution < 1.29 is 14.1 Å². The molecule has 0 aliphatic carbocycles. The maximum atomic E-state index is 12.5. The summed E-state index contributed by atoms with van der Waals surface area (Å²) in [7, 11) is 0. The van der Waals surface area contributed by atoms with Crippen molar-refractivity contribution in [2.45, 2.75) is 32.2 Å². The number of hydrogen-bond acceptors (Lipinski definition) is 4. The fraction of sp³-hybridized carbons (Fsp3) is 0.368. The number of fused-ring (bicyclic) bond motifs is 1.